The number of imidazole rings is 1. The Morgan fingerprint density at radius 2 is 1.90 bits per heavy atom. The standard InChI is InChI=1S/C15H12F3N3/c1-9-8-19-6-5-11(9)14-20-12-7-10(15(16,17)18)3-4-13(12)21(14)2/h3-8H,1-2H3. The topological polar surface area (TPSA) is 30.7 Å². The molecule has 2 heterocycles. The number of hydrogen-bond acceptors (Lipinski definition) is 2. The van der Waals surface area contributed by atoms with E-state index in [1.165, 1.54) is 6.07 Å². The highest BCUT2D eigenvalue weighted by Crippen LogP contribution is 2.32. The smallest absolute Gasteiger partial charge is 0.327 e. The van der Waals surface area contributed by atoms with Crippen LogP contribution >= 0.6 is 0 Å². The normalized spacial score (nSPS) is 12.0. The first-order valence-electron chi connectivity index (χ1n) is 6.32. The summed E-state index contributed by atoms with van der Waals surface area (Å²) in [7, 11) is 1.79. The third kappa shape index (κ3) is 2.26. The Balaban J connectivity index is 2.23. The van der Waals surface area contributed by atoms with Gasteiger partial charge < -0.3 is 4.57 Å². The highest BCUT2D eigenvalue weighted by atomic mass is 19.4. The SMILES string of the molecule is Cc1cnccc1-c1nc2cc(C(F)(F)F)ccc2n1C. The number of rotatable bonds is 1. The Kier molecular flexibility index (Phi) is 2.97. The molecule has 0 aliphatic rings. The molecule has 0 fully saturated rings. The van der Waals surface area contributed by atoms with E-state index >= 15 is 0 Å². The average Bonchev–Trinajstić information content (AvgIpc) is 2.75. The summed E-state index contributed by atoms with van der Waals surface area (Å²) < 4.78 is 40.1. The third-order valence-electron chi connectivity index (χ3n) is 3.47. The van der Waals surface area contributed by atoms with Crippen LogP contribution in [0.5, 0.6) is 0 Å². The second-order valence-corrected chi connectivity index (χ2v) is 4.89. The first-order valence-corrected chi connectivity index (χ1v) is 6.32. The van der Waals surface area contributed by atoms with Gasteiger partial charge in [0.05, 0.1) is 16.6 Å². The molecule has 108 valence electrons. The van der Waals surface area contributed by atoms with Crippen molar-refractivity contribution in [1.29, 1.82) is 0 Å². The summed E-state index contributed by atoms with van der Waals surface area (Å²) in [5.74, 6) is 0.629. The van der Waals surface area contributed by atoms with Crippen LogP contribution in [0.3, 0.4) is 0 Å². The van der Waals surface area contributed by atoms with Crippen LogP contribution in [-0.4, -0.2) is 14.5 Å². The van der Waals surface area contributed by atoms with Gasteiger partial charge in [-0.15, -0.1) is 0 Å². The molecule has 0 radical (unpaired) electrons. The monoisotopic (exact) mass is 291 g/mol. The molecule has 0 aliphatic carbocycles. The summed E-state index contributed by atoms with van der Waals surface area (Å²) in [6.07, 6.45) is -1.02. The summed E-state index contributed by atoms with van der Waals surface area (Å²) in [5.41, 5.74) is 2.09. The molecule has 2 aromatic heterocycles. The molecular formula is C15H12F3N3. The minimum Gasteiger partial charge on any atom is -0.327 e. The number of benzene rings is 1. The predicted octanol–water partition coefficient (Wildman–Crippen LogP) is 3.96. The lowest BCUT2D eigenvalue weighted by Gasteiger charge is -2.06. The molecule has 6 heteroatoms. The first kappa shape index (κ1) is 13.6. The van der Waals surface area contributed by atoms with E-state index in [0.717, 1.165) is 23.3 Å². The molecule has 21 heavy (non-hydrogen) atoms. The van der Waals surface area contributed by atoms with Crippen molar-refractivity contribution in [2.45, 2.75) is 13.1 Å². The maximum absolute atomic E-state index is 12.8. The van der Waals surface area contributed by atoms with Crippen LogP contribution < -0.4 is 0 Å². The molecule has 0 bridgehead atoms. The van der Waals surface area contributed by atoms with Crippen molar-refractivity contribution in [2.75, 3.05) is 0 Å². The minimum atomic E-state index is -4.36. The van der Waals surface area contributed by atoms with Crippen LogP contribution in [0.4, 0.5) is 13.2 Å². The van der Waals surface area contributed by atoms with Gasteiger partial charge in [0.15, 0.2) is 0 Å². The van der Waals surface area contributed by atoms with Crippen molar-refractivity contribution in [2.24, 2.45) is 7.05 Å². The zero-order valence-corrected chi connectivity index (χ0v) is 11.4. The Morgan fingerprint density at radius 1 is 1.14 bits per heavy atom. The largest absolute Gasteiger partial charge is 0.416 e. The van der Waals surface area contributed by atoms with Gasteiger partial charge in [-0.25, -0.2) is 4.98 Å². The van der Waals surface area contributed by atoms with E-state index in [1.807, 2.05) is 6.92 Å². The van der Waals surface area contributed by atoms with Gasteiger partial charge in [-0.3, -0.25) is 4.98 Å². The van der Waals surface area contributed by atoms with Crippen LogP contribution in [0.2, 0.25) is 0 Å². The highest BCUT2D eigenvalue weighted by molar-refractivity contribution is 5.81. The quantitative estimate of drug-likeness (QED) is 0.679. The van der Waals surface area contributed by atoms with Gasteiger partial charge in [0.1, 0.15) is 5.82 Å². The molecule has 0 amide bonds. The fourth-order valence-electron chi connectivity index (χ4n) is 2.34. The highest BCUT2D eigenvalue weighted by Gasteiger charge is 2.31. The molecule has 3 nitrogen and oxygen atoms in total. The Morgan fingerprint density at radius 3 is 2.57 bits per heavy atom. The number of nitrogens with zero attached hydrogens (tertiary/aromatic N) is 3. The van der Waals surface area contributed by atoms with Crippen molar-refractivity contribution in [1.82, 2.24) is 14.5 Å². The number of halogens is 3. The number of fused-ring (bicyclic) bond motifs is 1. The van der Waals surface area contributed by atoms with Crippen molar-refractivity contribution in [3.05, 3.63) is 47.8 Å². The van der Waals surface area contributed by atoms with Crippen molar-refractivity contribution >= 4 is 11.0 Å². The molecule has 0 unspecified atom stereocenters. The van der Waals surface area contributed by atoms with Crippen LogP contribution in [-0.2, 0) is 13.2 Å². The van der Waals surface area contributed by atoms with Gasteiger partial charge in [-0.1, -0.05) is 0 Å². The molecule has 3 rings (SSSR count). The van der Waals surface area contributed by atoms with Crippen molar-refractivity contribution in [3.63, 3.8) is 0 Å². The number of aromatic nitrogens is 3. The Labute approximate surface area is 119 Å². The second kappa shape index (κ2) is 4.58. The van der Waals surface area contributed by atoms with Gasteiger partial charge in [0, 0.05) is 25.0 Å². The molecule has 3 aromatic rings. The lowest BCUT2D eigenvalue weighted by Crippen LogP contribution is -2.04. The average molecular weight is 291 g/mol. The lowest BCUT2D eigenvalue weighted by atomic mass is 10.1. The van der Waals surface area contributed by atoms with Crippen molar-refractivity contribution < 1.29 is 13.2 Å². The first-order chi connectivity index (χ1) is 9.88. The molecule has 0 spiro atoms. The number of pyridine rings is 1. The fourth-order valence-corrected chi connectivity index (χ4v) is 2.34. The summed E-state index contributed by atoms with van der Waals surface area (Å²) in [6, 6.07) is 5.41. The summed E-state index contributed by atoms with van der Waals surface area (Å²) >= 11 is 0. The lowest BCUT2D eigenvalue weighted by molar-refractivity contribution is -0.137. The van der Waals surface area contributed by atoms with Crippen LogP contribution in [0, 0.1) is 6.92 Å². The number of aryl methyl sites for hydroxylation is 2. The van der Waals surface area contributed by atoms with E-state index in [1.54, 1.807) is 30.1 Å². The van der Waals surface area contributed by atoms with Gasteiger partial charge in [-0.05, 0) is 36.8 Å². The Bertz CT molecular complexity index is 819. The molecular weight excluding hydrogens is 279 g/mol. The molecule has 0 aliphatic heterocycles. The van der Waals surface area contributed by atoms with E-state index in [2.05, 4.69) is 9.97 Å². The summed E-state index contributed by atoms with van der Waals surface area (Å²) in [6.45, 7) is 1.89. The van der Waals surface area contributed by atoms with Gasteiger partial charge in [0.2, 0.25) is 0 Å². The number of hydrogen-bond donors (Lipinski definition) is 0. The molecule has 0 saturated carbocycles. The van der Waals surface area contributed by atoms with E-state index in [4.69, 9.17) is 0 Å². The molecule has 1 aromatic carbocycles. The van der Waals surface area contributed by atoms with E-state index < -0.39 is 11.7 Å². The van der Waals surface area contributed by atoms with Crippen molar-refractivity contribution in [3.8, 4) is 11.4 Å². The molecule has 0 atom stereocenters. The number of alkyl halides is 3. The molecule has 0 saturated heterocycles. The zero-order chi connectivity index (χ0) is 15.2. The van der Waals surface area contributed by atoms with Gasteiger partial charge >= 0.3 is 6.18 Å². The van der Waals surface area contributed by atoms with Crippen LogP contribution in [0.1, 0.15) is 11.1 Å². The predicted molar refractivity (Wildman–Crippen MR) is 73.7 cm³/mol. The van der Waals surface area contributed by atoms with E-state index in [0.29, 0.717) is 16.9 Å². The fraction of sp³-hybridized carbons (Fsp3) is 0.200. The van der Waals surface area contributed by atoms with Crippen LogP contribution in [0.25, 0.3) is 22.4 Å². The molecule has 0 N–H and O–H groups in total. The van der Waals surface area contributed by atoms with Crippen LogP contribution in [0.15, 0.2) is 36.7 Å². The Hall–Kier alpha value is -2.37. The van der Waals surface area contributed by atoms with Gasteiger partial charge in [0.25, 0.3) is 0 Å². The van der Waals surface area contributed by atoms with E-state index in [9.17, 15) is 13.2 Å². The van der Waals surface area contributed by atoms with E-state index in [-0.39, 0.29) is 0 Å². The second-order valence-electron chi connectivity index (χ2n) is 4.89. The minimum absolute atomic E-state index is 0.332. The third-order valence-corrected chi connectivity index (χ3v) is 3.47. The zero-order valence-electron chi connectivity index (χ0n) is 11.4. The maximum atomic E-state index is 12.8. The van der Waals surface area contributed by atoms with Gasteiger partial charge in [-0.2, -0.15) is 13.2 Å². The maximum Gasteiger partial charge on any atom is 0.416 e. The summed E-state index contributed by atoms with van der Waals surface area (Å²) in [5, 5.41) is 0. The summed E-state index contributed by atoms with van der Waals surface area (Å²) in [4.78, 5) is 8.37.